The van der Waals surface area contributed by atoms with Crippen LogP contribution in [0.5, 0.6) is 0 Å². The molecule has 1 aromatic heterocycles. The van der Waals surface area contributed by atoms with Crippen LogP contribution in [0, 0.1) is 0 Å². The van der Waals surface area contributed by atoms with Crippen molar-refractivity contribution in [3.63, 3.8) is 0 Å². The van der Waals surface area contributed by atoms with Crippen molar-refractivity contribution >= 4 is 29.0 Å². The molecule has 0 fully saturated rings. The average Bonchev–Trinajstić information content (AvgIpc) is 2.61. The number of carboxylic acid groups (broad SMARTS) is 1. The van der Waals surface area contributed by atoms with Gasteiger partial charge >= 0.3 is 5.97 Å². The Balaban J connectivity index is 1.76. The number of pyridine rings is 1. The molecule has 24 heavy (non-hydrogen) atoms. The maximum absolute atomic E-state index is 12.1. The summed E-state index contributed by atoms with van der Waals surface area (Å²) >= 11 is 0. The number of aromatic carboxylic acids is 1. The number of hydrogen-bond donors (Lipinski definition) is 2. The van der Waals surface area contributed by atoms with E-state index in [4.69, 9.17) is 5.11 Å². The summed E-state index contributed by atoms with van der Waals surface area (Å²) in [6.45, 7) is 0. The van der Waals surface area contributed by atoms with Crippen LogP contribution in [0.3, 0.4) is 0 Å². The van der Waals surface area contributed by atoms with E-state index in [1.54, 1.807) is 30.3 Å². The van der Waals surface area contributed by atoms with Gasteiger partial charge in [0, 0.05) is 10.9 Å². The Morgan fingerprint density at radius 1 is 1.00 bits per heavy atom. The van der Waals surface area contributed by atoms with Gasteiger partial charge in [-0.05, 0) is 18.2 Å². The van der Waals surface area contributed by atoms with Crippen LogP contribution < -0.4 is 5.43 Å². The van der Waals surface area contributed by atoms with Crippen LogP contribution >= 0.6 is 0 Å². The maximum atomic E-state index is 12.1. The highest BCUT2D eigenvalue weighted by molar-refractivity contribution is 5.99. The number of aromatic nitrogens is 1. The van der Waals surface area contributed by atoms with Crippen molar-refractivity contribution in [3.05, 3.63) is 77.5 Å². The van der Waals surface area contributed by atoms with E-state index < -0.39 is 11.9 Å². The predicted octanol–water partition coefficient (Wildman–Crippen LogP) is 2.70. The summed E-state index contributed by atoms with van der Waals surface area (Å²) in [5, 5.41) is 13.8. The standard InChI is InChI=1S/C18H13N3O3/c22-17(16-10-9-12-5-2-4-8-15(12)20-16)21-19-11-13-6-1-3-7-14(13)18(23)24/h1-11H,(H,21,22)(H,23,24)/b19-11+. The van der Waals surface area contributed by atoms with Crippen LogP contribution in [0.1, 0.15) is 26.4 Å². The Morgan fingerprint density at radius 2 is 1.75 bits per heavy atom. The molecule has 0 radical (unpaired) electrons. The Bertz CT molecular complexity index is 951. The van der Waals surface area contributed by atoms with Gasteiger partial charge in [0.15, 0.2) is 0 Å². The first-order valence-corrected chi connectivity index (χ1v) is 7.16. The minimum absolute atomic E-state index is 0.110. The van der Waals surface area contributed by atoms with Gasteiger partial charge in [-0.15, -0.1) is 0 Å². The number of hydrogen-bond acceptors (Lipinski definition) is 4. The first kappa shape index (κ1) is 15.4. The Hall–Kier alpha value is -3.54. The van der Waals surface area contributed by atoms with Crippen molar-refractivity contribution in [2.75, 3.05) is 0 Å². The lowest BCUT2D eigenvalue weighted by Gasteiger charge is -2.02. The molecule has 0 saturated heterocycles. The fourth-order valence-corrected chi connectivity index (χ4v) is 2.21. The number of hydrazone groups is 1. The molecule has 3 rings (SSSR count). The smallest absolute Gasteiger partial charge is 0.336 e. The van der Waals surface area contributed by atoms with Gasteiger partial charge in [-0.25, -0.2) is 15.2 Å². The molecule has 0 atom stereocenters. The van der Waals surface area contributed by atoms with E-state index in [-0.39, 0.29) is 11.3 Å². The molecular formula is C18H13N3O3. The van der Waals surface area contributed by atoms with Gasteiger partial charge in [-0.2, -0.15) is 5.10 Å². The van der Waals surface area contributed by atoms with E-state index in [0.717, 1.165) is 5.39 Å². The summed E-state index contributed by atoms with van der Waals surface area (Å²) in [5.74, 6) is -1.52. The molecule has 1 amide bonds. The number of nitrogens with zero attached hydrogens (tertiary/aromatic N) is 2. The summed E-state index contributed by atoms with van der Waals surface area (Å²) in [6, 6.07) is 17.3. The lowest BCUT2D eigenvalue weighted by molar-refractivity contribution is 0.0696. The van der Waals surface area contributed by atoms with Crippen molar-refractivity contribution < 1.29 is 14.7 Å². The quantitative estimate of drug-likeness (QED) is 0.571. The Morgan fingerprint density at radius 3 is 2.58 bits per heavy atom. The fraction of sp³-hybridized carbons (Fsp3) is 0. The molecule has 0 bridgehead atoms. The molecule has 2 N–H and O–H groups in total. The minimum atomic E-state index is -1.06. The topological polar surface area (TPSA) is 91.7 Å². The van der Waals surface area contributed by atoms with Gasteiger partial charge in [-0.3, -0.25) is 4.79 Å². The zero-order valence-electron chi connectivity index (χ0n) is 12.5. The monoisotopic (exact) mass is 319 g/mol. The number of carbonyl (C=O) groups is 2. The van der Waals surface area contributed by atoms with Crippen LogP contribution in [0.15, 0.2) is 65.8 Å². The van der Waals surface area contributed by atoms with Gasteiger partial charge in [0.05, 0.1) is 17.3 Å². The lowest BCUT2D eigenvalue weighted by atomic mass is 10.1. The van der Waals surface area contributed by atoms with Crippen molar-refractivity contribution in [2.45, 2.75) is 0 Å². The van der Waals surface area contributed by atoms with E-state index in [9.17, 15) is 9.59 Å². The second kappa shape index (κ2) is 6.70. The number of rotatable bonds is 4. The van der Waals surface area contributed by atoms with E-state index in [1.807, 2.05) is 24.3 Å². The summed E-state index contributed by atoms with van der Waals surface area (Å²) < 4.78 is 0. The molecule has 2 aromatic carbocycles. The predicted molar refractivity (Wildman–Crippen MR) is 90.2 cm³/mol. The molecule has 0 saturated carbocycles. The fourth-order valence-electron chi connectivity index (χ4n) is 2.21. The molecule has 0 aliphatic carbocycles. The molecule has 6 heteroatoms. The normalized spacial score (nSPS) is 10.8. The number of fused-ring (bicyclic) bond motifs is 1. The van der Waals surface area contributed by atoms with Crippen molar-refractivity contribution in [1.29, 1.82) is 0 Å². The van der Waals surface area contributed by atoms with Gasteiger partial charge < -0.3 is 5.11 Å². The van der Waals surface area contributed by atoms with Gasteiger partial charge in [-0.1, -0.05) is 42.5 Å². The summed E-state index contributed by atoms with van der Waals surface area (Å²) in [6.07, 6.45) is 1.29. The van der Waals surface area contributed by atoms with E-state index >= 15 is 0 Å². The third-order valence-corrected chi connectivity index (χ3v) is 3.39. The van der Waals surface area contributed by atoms with Crippen LogP contribution in [0.25, 0.3) is 10.9 Å². The molecule has 0 aliphatic rings. The molecule has 0 spiro atoms. The molecule has 0 aliphatic heterocycles. The van der Waals surface area contributed by atoms with E-state index in [2.05, 4.69) is 15.5 Å². The molecule has 6 nitrogen and oxygen atoms in total. The number of carboxylic acids is 1. The van der Waals surface area contributed by atoms with Crippen LogP contribution in [0.2, 0.25) is 0 Å². The zero-order chi connectivity index (χ0) is 16.9. The first-order valence-electron chi connectivity index (χ1n) is 7.16. The third kappa shape index (κ3) is 3.27. The molecular weight excluding hydrogens is 306 g/mol. The minimum Gasteiger partial charge on any atom is -0.478 e. The third-order valence-electron chi connectivity index (χ3n) is 3.39. The number of nitrogens with one attached hydrogen (secondary N) is 1. The van der Waals surface area contributed by atoms with Crippen LogP contribution in [0.4, 0.5) is 0 Å². The van der Waals surface area contributed by atoms with Crippen LogP contribution in [-0.4, -0.2) is 28.2 Å². The van der Waals surface area contributed by atoms with E-state index in [0.29, 0.717) is 11.1 Å². The second-order valence-corrected chi connectivity index (χ2v) is 4.98. The number of benzene rings is 2. The second-order valence-electron chi connectivity index (χ2n) is 4.98. The number of para-hydroxylation sites is 1. The van der Waals surface area contributed by atoms with Gasteiger partial charge in [0.2, 0.25) is 0 Å². The highest BCUT2D eigenvalue weighted by atomic mass is 16.4. The summed E-state index contributed by atoms with van der Waals surface area (Å²) in [4.78, 5) is 27.5. The van der Waals surface area contributed by atoms with Crippen molar-refractivity contribution in [2.24, 2.45) is 5.10 Å². The number of amides is 1. The SMILES string of the molecule is O=C(N/N=C/c1ccccc1C(=O)O)c1ccc2ccccc2n1. The zero-order valence-corrected chi connectivity index (χ0v) is 12.5. The van der Waals surface area contributed by atoms with Gasteiger partial charge in [0.1, 0.15) is 5.69 Å². The highest BCUT2D eigenvalue weighted by Crippen LogP contribution is 2.11. The van der Waals surface area contributed by atoms with E-state index in [1.165, 1.54) is 12.3 Å². The summed E-state index contributed by atoms with van der Waals surface area (Å²) in [7, 11) is 0. The lowest BCUT2D eigenvalue weighted by Crippen LogP contribution is -2.19. The van der Waals surface area contributed by atoms with Crippen molar-refractivity contribution in [1.82, 2.24) is 10.4 Å². The maximum Gasteiger partial charge on any atom is 0.336 e. The van der Waals surface area contributed by atoms with Gasteiger partial charge in [0.25, 0.3) is 5.91 Å². The molecule has 3 aromatic rings. The highest BCUT2D eigenvalue weighted by Gasteiger charge is 2.08. The molecule has 1 heterocycles. The summed E-state index contributed by atoms with van der Waals surface area (Å²) in [5.41, 5.74) is 3.81. The Labute approximate surface area is 137 Å². The Kier molecular flexibility index (Phi) is 4.29. The average molecular weight is 319 g/mol. The largest absolute Gasteiger partial charge is 0.478 e. The molecule has 118 valence electrons. The molecule has 0 unspecified atom stereocenters. The first-order chi connectivity index (χ1) is 11.6. The van der Waals surface area contributed by atoms with Crippen LogP contribution in [-0.2, 0) is 0 Å². The van der Waals surface area contributed by atoms with Crippen molar-refractivity contribution in [3.8, 4) is 0 Å². The number of carbonyl (C=O) groups excluding carboxylic acids is 1.